The first-order valence-corrected chi connectivity index (χ1v) is 15.2. The fraction of sp³-hybridized carbons (Fsp3) is 0.714. The van der Waals surface area contributed by atoms with E-state index < -0.39 is 29.2 Å². The monoisotopic (exact) mass is 753 g/mol. The maximum Gasteiger partial charge on any atom is 0.404 e. The largest absolute Gasteiger partial charge is 0.450 e. The van der Waals surface area contributed by atoms with Crippen molar-refractivity contribution in [2.75, 3.05) is 67.7 Å². The highest BCUT2D eigenvalue weighted by Crippen LogP contribution is 1.97. The van der Waals surface area contributed by atoms with E-state index in [9.17, 15) is 42.6 Å². The summed E-state index contributed by atoms with van der Waals surface area (Å²) >= 11 is -1.57. The van der Waals surface area contributed by atoms with E-state index in [2.05, 4.69) is 52.4 Å². The standard InChI is InChI=1S/C6H13N3O.C4H7NO2.2C3H7NO2.C3H7NO.2C3H6O.CH5NO2S.CH5N.CH4/c1-8-2-4-9(5-3-8)6(7)10;1-3(6)2-4(5)7;1-6-2-3(4)5;1-2-6-3(4)5;1-2-3(4)5;2*1-3(2)4;1-4-5(2)3;1-2;/h2-5H2,1H3,(H2,7,10);2H2,1H3,(H2,5,7);2*2H2,1H3,(H2,4,5);2H2,1H3,(H2,4,5);2*1-2H3;2H2,1H3;2H2,1H3;1H4. The Balaban J connectivity index is -0.0000000554. The summed E-state index contributed by atoms with van der Waals surface area (Å²) in [5.74, 6) is -1.09. The SMILES string of the molecule is C.CC(=O)CC(N)=O.CC(C)=O.CC(C)=O.CCC(N)=O.CCOC(N)=O.CN.CN1CCN(C(N)=O)CC1.COCC(N)=O.COS(N)=O. The van der Waals surface area contributed by atoms with Crippen molar-refractivity contribution in [2.24, 2.45) is 39.5 Å². The van der Waals surface area contributed by atoms with Crippen LogP contribution in [0.3, 0.4) is 0 Å². The van der Waals surface area contributed by atoms with Gasteiger partial charge in [0.05, 0.1) is 20.1 Å². The van der Waals surface area contributed by atoms with E-state index in [1.165, 1.54) is 55.9 Å². The summed E-state index contributed by atoms with van der Waals surface area (Å²) in [6.45, 7) is 14.6. The Hall–Kier alpha value is -4.09. The summed E-state index contributed by atoms with van der Waals surface area (Å²) in [6, 6.07) is -0.298. The molecule has 0 spiro atoms. The van der Waals surface area contributed by atoms with Crippen molar-refractivity contribution in [1.82, 2.24) is 9.80 Å². The molecule has 302 valence electrons. The maximum atomic E-state index is 10.6. The molecule has 1 aliphatic heterocycles. The zero-order valence-corrected chi connectivity index (χ0v) is 31.7. The molecule has 21 nitrogen and oxygen atoms in total. The minimum Gasteiger partial charge on any atom is -0.450 e. The smallest absolute Gasteiger partial charge is 0.404 e. The Kier molecular flexibility index (Phi) is 73.9. The van der Waals surface area contributed by atoms with Gasteiger partial charge in [-0.05, 0) is 55.6 Å². The van der Waals surface area contributed by atoms with Crippen LogP contribution in [0.1, 0.15) is 68.7 Å². The third-order valence-corrected chi connectivity index (χ3v) is 3.65. The van der Waals surface area contributed by atoms with Crippen molar-refractivity contribution in [3.8, 4) is 0 Å². The molecule has 1 atom stereocenters. The molecule has 0 saturated carbocycles. The van der Waals surface area contributed by atoms with Crippen LogP contribution in [0.2, 0.25) is 0 Å². The molecule has 1 rings (SSSR count). The van der Waals surface area contributed by atoms with Gasteiger partial charge in [0.1, 0.15) is 24.0 Å². The van der Waals surface area contributed by atoms with Crippen LogP contribution in [0.25, 0.3) is 0 Å². The molecule has 0 aliphatic carbocycles. The summed E-state index contributed by atoms with van der Waals surface area (Å²) in [6.07, 6.45) is -0.405. The summed E-state index contributed by atoms with van der Waals surface area (Å²) in [7, 11) is 6.24. The summed E-state index contributed by atoms with van der Waals surface area (Å²) in [5.41, 5.74) is 28.0. The Morgan fingerprint density at radius 2 is 1.02 bits per heavy atom. The number of nitrogens with zero attached hydrogens (tertiary/aromatic N) is 2. The highest BCUT2D eigenvalue weighted by Gasteiger charge is 2.15. The van der Waals surface area contributed by atoms with Gasteiger partial charge in [-0.1, -0.05) is 14.4 Å². The number of carbonyl (C=O) groups is 8. The number of ketones is 3. The van der Waals surface area contributed by atoms with Crippen molar-refractivity contribution >= 4 is 58.5 Å². The summed E-state index contributed by atoms with van der Waals surface area (Å²) in [4.78, 5) is 82.0. The average molecular weight is 754 g/mol. The molecule has 0 aromatic carbocycles. The Labute approximate surface area is 300 Å². The van der Waals surface area contributed by atoms with Gasteiger partial charge in [0.2, 0.25) is 29.0 Å². The van der Waals surface area contributed by atoms with Crippen LogP contribution in [-0.4, -0.2) is 129 Å². The molecule has 50 heavy (non-hydrogen) atoms. The van der Waals surface area contributed by atoms with E-state index in [1.54, 1.807) is 18.7 Å². The molecule has 14 N–H and O–H groups in total. The average Bonchev–Trinajstić information content (AvgIpc) is 2.94. The van der Waals surface area contributed by atoms with Crippen LogP contribution in [0, 0.1) is 0 Å². The normalized spacial score (nSPS) is 10.6. The van der Waals surface area contributed by atoms with Gasteiger partial charge in [-0.3, -0.25) is 23.4 Å². The highest BCUT2D eigenvalue weighted by atomic mass is 32.2. The molecule has 0 bridgehead atoms. The predicted octanol–water partition coefficient (Wildman–Crippen LogP) is -1.56. The van der Waals surface area contributed by atoms with Crippen LogP contribution in [0.4, 0.5) is 9.59 Å². The van der Waals surface area contributed by atoms with Crippen LogP contribution in [-0.2, 0) is 53.7 Å². The number of amides is 6. The lowest BCUT2D eigenvalue weighted by molar-refractivity contribution is -0.125. The minimum absolute atomic E-state index is 0. The van der Waals surface area contributed by atoms with Gasteiger partial charge in [0, 0.05) is 39.7 Å². The number of urea groups is 1. The molecule has 1 saturated heterocycles. The number of ether oxygens (including phenoxy) is 2. The fourth-order valence-corrected chi connectivity index (χ4v) is 1.56. The van der Waals surface area contributed by atoms with Crippen molar-refractivity contribution in [3.63, 3.8) is 0 Å². The van der Waals surface area contributed by atoms with Crippen molar-refractivity contribution in [3.05, 3.63) is 0 Å². The van der Waals surface area contributed by atoms with Gasteiger partial charge >= 0.3 is 12.1 Å². The second-order valence-electron chi connectivity index (χ2n) is 8.69. The quantitative estimate of drug-likeness (QED) is 0.145. The van der Waals surface area contributed by atoms with E-state index in [0.29, 0.717) is 13.0 Å². The lowest BCUT2D eigenvalue weighted by atomic mass is 10.3. The van der Waals surface area contributed by atoms with Crippen LogP contribution in [0.15, 0.2) is 0 Å². The molecule has 1 aliphatic rings. The molecule has 0 aromatic heterocycles. The highest BCUT2D eigenvalue weighted by molar-refractivity contribution is 7.77. The second kappa shape index (κ2) is 54.4. The molecule has 0 radical (unpaired) electrons. The number of hydrogen-bond acceptors (Lipinski definition) is 14. The third kappa shape index (κ3) is 141. The Morgan fingerprint density at radius 3 is 1.10 bits per heavy atom. The lowest BCUT2D eigenvalue weighted by Gasteiger charge is -2.30. The van der Waals surface area contributed by atoms with Gasteiger partial charge in [-0.25, -0.2) is 18.9 Å². The van der Waals surface area contributed by atoms with Gasteiger partial charge in [0.25, 0.3) is 0 Å². The van der Waals surface area contributed by atoms with E-state index in [-0.39, 0.29) is 49.7 Å². The first kappa shape index (κ1) is 68.0. The molecule has 22 heteroatoms. The lowest BCUT2D eigenvalue weighted by Crippen LogP contribution is -2.49. The first-order chi connectivity index (χ1) is 22.4. The number of piperazine rings is 1. The number of Topliss-reactive ketones (excluding diaryl/α,β-unsaturated/α-hetero) is 3. The van der Waals surface area contributed by atoms with E-state index in [0.717, 1.165) is 26.2 Å². The van der Waals surface area contributed by atoms with Crippen LogP contribution >= 0.6 is 0 Å². The van der Waals surface area contributed by atoms with Gasteiger partial charge in [-0.2, -0.15) is 0 Å². The summed E-state index contributed by atoms with van der Waals surface area (Å²) in [5, 5.41) is 4.54. The molecule has 1 fully saturated rings. The summed E-state index contributed by atoms with van der Waals surface area (Å²) < 4.78 is 22.0. The number of rotatable bonds is 7. The third-order valence-electron chi connectivity index (χ3n) is 3.32. The number of nitrogens with two attached hydrogens (primary N) is 7. The zero-order chi connectivity index (χ0) is 41.1. The molecule has 1 heterocycles. The van der Waals surface area contributed by atoms with Crippen molar-refractivity contribution in [2.45, 2.75) is 68.7 Å². The van der Waals surface area contributed by atoms with Gasteiger partial charge in [-0.15, -0.1) is 0 Å². The maximum absolute atomic E-state index is 10.6. The van der Waals surface area contributed by atoms with E-state index in [4.69, 9.17) is 5.73 Å². The predicted molar refractivity (Wildman–Crippen MR) is 194 cm³/mol. The number of likely N-dealkylation sites (N-methyl/N-ethyl adjacent to an activating group) is 1. The number of primary amides is 5. The number of hydrogen-bond donors (Lipinski definition) is 7. The first-order valence-electron chi connectivity index (χ1n) is 14.1. The number of methoxy groups -OCH3 is 1. The van der Waals surface area contributed by atoms with Crippen LogP contribution < -0.4 is 39.5 Å². The second-order valence-corrected chi connectivity index (χ2v) is 9.54. The molecule has 6 amide bonds. The van der Waals surface area contributed by atoms with Crippen molar-refractivity contribution in [1.29, 1.82) is 0 Å². The van der Waals surface area contributed by atoms with E-state index in [1.807, 2.05) is 7.05 Å². The Morgan fingerprint density at radius 1 is 0.700 bits per heavy atom. The molecular weight excluding hydrogens is 686 g/mol. The topological polar surface area (TPSA) is 370 Å². The molecular formula is C28H67N9O12S. The van der Waals surface area contributed by atoms with Gasteiger partial charge < -0.3 is 63.3 Å². The molecule has 1 unspecified atom stereocenters. The number of carbonyl (C=O) groups excluding carboxylic acids is 8. The van der Waals surface area contributed by atoms with Gasteiger partial charge in [0.15, 0.2) is 0 Å². The Bertz CT molecular complexity index is 843. The minimum atomic E-state index is -1.57. The van der Waals surface area contributed by atoms with E-state index >= 15 is 0 Å². The van der Waals surface area contributed by atoms with Crippen molar-refractivity contribution < 1.29 is 56.2 Å². The molecule has 0 aromatic rings. The zero-order valence-electron chi connectivity index (χ0n) is 30.9. The fourth-order valence-electron chi connectivity index (χ4n) is 1.56. The van der Waals surface area contributed by atoms with Crippen LogP contribution in [0.5, 0.6) is 0 Å².